The van der Waals surface area contributed by atoms with E-state index < -0.39 is 0 Å². The maximum Gasteiger partial charge on any atom is -0.0206 e. The van der Waals surface area contributed by atoms with Crippen LogP contribution in [0.15, 0.2) is 12.7 Å². The van der Waals surface area contributed by atoms with Gasteiger partial charge < -0.3 is 0 Å². The molecule has 0 aromatic heterocycles. The first kappa shape index (κ1) is 7.84. The average Bonchev–Trinajstić information content (AvgIpc) is 2.17. The summed E-state index contributed by atoms with van der Waals surface area (Å²) >= 11 is 0. The van der Waals surface area contributed by atoms with Crippen LogP contribution in [0, 0.1) is 16.7 Å². The Kier molecular flexibility index (Phi) is 1.47. The molecule has 0 heteroatoms. The van der Waals surface area contributed by atoms with Crippen LogP contribution in [-0.2, 0) is 0 Å². The molecule has 0 radical (unpaired) electrons. The monoisotopic (exact) mass is 138 g/mol. The summed E-state index contributed by atoms with van der Waals surface area (Å²) in [7, 11) is 0. The summed E-state index contributed by atoms with van der Waals surface area (Å²) in [5, 5.41) is 0. The van der Waals surface area contributed by atoms with E-state index in [1.807, 2.05) is 6.08 Å². The minimum Gasteiger partial charge on any atom is -0.103 e. The quantitative estimate of drug-likeness (QED) is 0.514. The lowest BCUT2D eigenvalue weighted by atomic mass is 9.95. The lowest BCUT2D eigenvalue weighted by Gasteiger charge is -2.10. The first-order valence-electron chi connectivity index (χ1n) is 4.07. The molecule has 0 aromatic carbocycles. The topological polar surface area (TPSA) is 0 Å². The third-order valence-electron chi connectivity index (χ3n) is 4.00. The van der Waals surface area contributed by atoms with E-state index in [9.17, 15) is 0 Å². The van der Waals surface area contributed by atoms with Gasteiger partial charge in [0.25, 0.3) is 0 Å². The van der Waals surface area contributed by atoms with Gasteiger partial charge in [0.05, 0.1) is 0 Å². The molecule has 0 nitrogen and oxygen atoms in total. The molecule has 0 saturated heterocycles. The SMILES string of the molecule is C=CCC1(C)C(C)C1(C)C. The van der Waals surface area contributed by atoms with Gasteiger partial charge in [0.15, 0.2) is 0 Å². The Hall–Kier alpha value is -0.260. The molecule has 0 aromatic rings. The minimum atomic E-state index is 0.536. The van der Waals surface area contributed by atoms with Gasteiger partial charge in [-0.2, -0.15) is 0 Å². The lowest BCUT2D eigenvalue weighted by Crippen LogP contribution is -2.01. The highest BCUT2D eigenvalue weighted by atomic mass is 14.7. The lowest BCUT2D eigenvalue weighted by molar-refractivity contribution is 0.423. The highest BCUT2D eigenvalue weighted by molar-refractivity contribution is 5.14. The highest BCUT2D eigenvalue weighted by Crippen LogP contribution is 2.70. The summed E-state index contributed by atoms with van der Waals surface area (Å²) in [4.78, 5) is 0. The number of hydrogen-bond acceptors (Lipinski definition) is 0. The van der Waals surface area contributed by atoms with Gasteiger partial charge in [0.2, 0.25) is 0 Å². The second-order valence-electron chi connectivity index (χ2n) is 4.35. The van der Waals surface area contributed by atoms with Crippen molar-refractivity contribution in [1.29, 1.82) is 0 Å². The van der Waals surface area contributed by atoms with E-state index in [1.165, 1.54) is 6.42 Å². The second-order valence-corrected chi connectivity index (χ2v) is 4.35. The van der Waals surface area contributed by atoms with Crippen LogP contribution in [0.25, 0.3) is 0 Å². The van der Waals surface area contributed by atoms with Gasteiger partial charge in [-0.15, -0.1) is 6.58 Å². The summed E-state index contributed by atoms with van der Waals surface area (Å²) in [5.74, 6) is 0.859. The molecule has 1 aliphatic rings. The predicted octanol–water partition coefficient (Wildman–Crippen LogP) is 3.24. The summed E-state index contributed by atoms with van der Waals surface area (Å²) in [6.45, 7) is 13.2. The highest BCUT2D eigenvalue weighted by Gasteiger charge is 2.63. The zero-order valence-electron chi connectivity index (χ0n) is 7.57. The van der Waals surface area contributed by atoms with Gasteiger partial charge in [-0.1, -0.05) is 33.8 Å². The molecule has 58 valence electrons. The van der Waals surface area contributed by atoms with Crippen LogP contribution >= 0.6 is 0 Å². The molecule has 0 N–H and O–H groups in total. The van der Waals surface area contributed by atoms with Gasteiger partial charge in [-0.25, -0.2) is 0 Å². The summed E-state index contributed by atoms with van der Waals surface area (Å²) in [6, 6.07) is 0. The van der Waals surface area contributed by atoms with Crippen LogP contribution in [0.1, 0.15) is 34.1 Å². The number of rotatable bonds is 2. The summed E-state index contributed by atoms with van der Waals surface area (Å²) < 4.78 is 0. The molecule has 1 aliphatic carbocycles. The maximum atomic E-state index is 3.79. The standard InChI is InChI=1S/C10H18/c1-6-7-10(5)8(2)9(10,3)4/h6,8H,1,7H2,2-5H3. The Bertz CT molecular complexity index is 155. The fourth-order valence-electron chi connectivity index (χ4n) is 2.12. The molecule has 1 rings (SSSR count). The van der Waals surface area contributed by atoms with E-state index in [1.54, 1.807) is 0 Å². The van der Waals surface area contributed by atoms with Crippen molar-refractivity contribution in [2.45, 2.75) is 34.1 Å². The van der Waals surface area contributed by atoms with Crippen molar-refractivity contribution in [1.82, 2.24) is 0 Å². The molecule has 1 saturated carbocycles. The summed E-state index contributed by atoms with van der Waals surface area (Å²) in [5.41, 5.74) is 1.08. The van der Waals surface area contributed by atoms with Crippen molar-refractivity contribution in [2.75, 3.05) is 0 Å². The van der Waals surface area contributed by atoms with Crippen molar-refractivity contribution >= 4 is 0 Å². The van der Waals surface area contributed by atoms with Crippen molar-refractivity contribution in [2.24, 2.45) is 16.7 Å². The van der Waals surface area contributed by atoms with Crippen LogP contribution in [0.3, 0.4) is 0 Å². The van der Waals surface area contributed by atoms with Crippen LogP contribution in [-0.4, -0.2) is 0 Å². The van der Waals surface area contributed by atoms with Gasteiger partial charge in [0.1, 0.15) is 0 Å². The molecule has 0 spiro atoms. The van der Waals surface area contributed by atoms with E-state index >= 15 is 0 Å². The van der Waals surface area contributed by atoms with E-state index in [0.717, 1.165) is 5.92 Å². The van der Waals surface area contributed by atoms with E-state index in [-0.39, 0.29) is 0 Å². The molecule has 2 atom stereocenters. The molecular weight excluding hydrogens is 120 g/mol. The Balaban J connectivity index is 2.67. The summed E-state index contributed by atoms with van der Waals surface area (Å²) in [6.07, 6.45) is 3.21. The largest absolute Gasteiger partial charge is 0.103 e. The molecule has 2 unspecified atom stereocenters. The van der Waals surface area contributed by atoms with Crippen molar-refractivity contribution in [3.63, 3.8) is 0 Å². The minimum absolute atomic E-state index is 0.536. The third-order valence-corrected chi connectivity index (χ3v) is 4.00. The smallest absolute Gasteiger partial charge is 0.0206 e. The van der Waals surface area contributed by atoms with Crippen LogP contribution in [0.4, 0.5) is 0 Å². The van der Waals surface area contributed by atoms with E-state index in [4.69, 9.17) is 0 Å². The Morgan fingerprint density at radius 2 is 1.80 bits per heavy atom. The first-order valence-corrected chi connectivity index (χ1v) is 4.07. The van der Waals surface area contributed by atoms with E-state index in [2.05, 4.69) is 34.3 Å². The predicted molar refractivity (Wildman–Crippen MR) is 45.9 cm³/mol. The Labute approximate surface area is 64.3 Å². The Morgan fingerprint density at radius 1 is 1.40 bits per heavy atom. The third kappa shape index (κ3) is 0.680. The Morgan fingerprint density at radius 3 is 1.90 bits per heavy atom. The molecular formula is C10H18. The van der Waals surface area contributed by atoms with Crippen LogP contribution in [0.2, 0.25) is 0 Å². The molecule has 10 heavy (non-hydrogen) atoms. The van der Waals surface area contributed by atoms with Gasteiger partial charge in [-0.05, 0) is 23.2 Å². The molecule has 0 heterocycles. The second kappa shape index (κ2) is 1.87. The zero-order valence-corrected chi connectivity index (χ0v) is 7.57. The van der Waals surface area contributed by atoms with Crippen molar-refractivity contribution in [3.8, 4) is 0 Å². The zero-order chi connectivity index (χ0) is 7.99. The fourth-order valence-corrected chi connectivity index (χ4v) is 2.12. The van der Waals surface area contributed by atoms with Crippen molar-refractivity contribution in [3.05, 3.63) is 12.7 Å². The molecule has 0 aliphatic heterocycles. The van der Waals surface area contributed by atoms with E-state index in [0.29, 0.717) is 10.8 Å². The average molecular weight is 138 g/mol. The van der Waals surface area contributed by atoms with Gasteiger partial charge in [-0.3, -0.25) is 0 Å². The van der Waals surface area contributed by atoms with Gasteiger partial charge in [0, 0.05) is 0 Å². The van der Waals surface area contributed by atoms with Crippen LogP contribution < -0.4 is 0 Å². The molecule has 0 bridgehead atoms. The number of allylic oxidation sites excluding steroid dienone is 1. The molecule has 0 amide bonds. The van der Waals surface area contributed by atoms with Crippen LogP contribution in [0.5, 0.6) is 0 Å². The normalized spacial score (nSPS) is 43.0. The van der Waals surface area contributed by atoms with Crippen molar-refractivity contribution < 1.29 is 0 Å². The number of hydrogen-bond donors (Lipinski definition) is 0. The molecule has 1 fully saturated rings. The van der Waals surface area contributed by atoms with Gasteiger partial charge >= 0.3 is 0 Å². The first-order chi connectivity index (χ1) is 4.47. The fraction of sp³-hybridized carbons (Fsp3) is 0.800. The maximum absolute atomic E-state index is 3.79.